The SMILES string of the molecule is Cc1n[nH]c(C)c1S(=O)(=O)NCCn1ccc2ccccc21. The smallest absolute Gasteiger partial charge is 0.244 e. The lowest BCUT2D eigenvalue weighted by Crippen LogP contribution is -2.28. The fourth-order valence-electron chi connectivity index (χ4n) is 2.64. The predicted octanol–water partition coefficient (Wildman–Crippen LogP) is 1.96. The van der Waals surface area contributed by atoms with Crippen LogP contribution in [0.15, 0.2) is 41.4 Å². The Morgan fingerprint density at radius 3 is 2.73 bits per heavy atom. The normalized spacial score (nSPS) is 12.1. The maximum absolute atomic E-state index is 12.3. The van der Waals surface area contributed by atoms with Gasteiger partial charge in [-0.05, 0) is 31.4 Å². The summed E-state index contributed by atoms with van der Waals surface area (Å²) in [5.41, 5.74) is 2.13. The lowest BCUT2D eigenvalue weighted by molar-refractivity contribution is 0.573. The van der Waals surface area contributed by atoms with Crippen LogP contribution in [0.1, 0.15) is 11.4 Å². The van der Waals surface area contributed by atoms with Crippen LogP contribution >= 0.6 is 0 Å². The highest BCUT2D eigenvalue weighted by atomic mass is 32.2. The molecular formula is C15H18N4O2S. The molecule has 0 saturated carbocycles. The zero-order valence-electron chi connectivity index (χ0n) is 12.5. The third-order valence-corrected chi connectivity index (χ3v) is 5.38. The van der Waals surface area contributed by atoms with Gasteiger partial charge in [-0.25, -0.2) is 13.1 Å². The zero-order chi connectivity index (χ0) is 15.7. The number of fused-ring (bicyclic) bond motifs is 1. The van der Waals surface area contributed by atoms with Crippen molar-refractivity contribution in [3.8, 4) is 0 Å². The predicted molar refractivity (Wildman–Crippen MR) is 85.2 cm³/mol. The number of para-hydroxylation sites is 1. The number of hydrogen-bond donors (Lipinski definition) is 2. The molecule has 0 radical (unpaired) electrons. The first-order chi connectivity index (χ1) is 10.5. The van der Waals surface area contributed by atoms with E-state index >= 15 is 0 Å². The standard InChI is InChI=1S/C15H18N4O2S/c1-11-15(12(2)18-17-11)22(20,21)16-8-10-19-9-7-13-5-3-4-6-14(13)19/h3-7,9,16H,8,10H2,1-2H3,(H,17,18). The summed E-state index contributed by atoms with van der Waals surface area (Å²) in [5, 5.41) is 7.77. The van der Waals surface area contributed by atoms with Gasteiger partial charge in [0.25, 0.3) is 0 Å². The summed E-state index contributed by atoms with van der Waals surface area (Å²) < 4.78 is 29.4. The minimum Gasteiger partial charge on any atom is -0.346 e. The second-order valence-electron chi connectivity index (χ2n) is 5.23. The first-order valence-corrected chi connectivity index (χ1v) is 8.52. The number of aromatic amines is 1. The van der Waals surface area contributed by atoms with Crippen molar-refractivity contribution in [2.45, 2.75) is 25.3 Å². The number of aromatic nitrogens is 3. The molecule has 22 heavy (non-hydrogen) atoms. The number of nitrogens with one attached hydrogen (secondary N) is 2. The minimum absolute atomic E-state index is 0.241. The molecule has 116 valence electrons. The molecule has 0 spiro atoms. The van der Waals surface area contributed by atoms with Gasteiger partial charge in [-0.1, -0.05) is 18.2 Å². The van der Waals surface area contributed by atoms with Gasteiger partial charge in [0, 0.05) is 24.8 Å². The van der Waals surface area contributed by atoms with E-state index in [1.807, 2.05) is 41.1 Å². The Kier molecular flexibility index (Phi) is 3.76. The van der Waals surface area contributed by atoms with Crippen molar-refractivity contribution in [2.24, 2.45) is 0 Å². The molecular weight excluding hydrogens is 300 g/mol. The third-order valence-electron chi connectivity index (χ3n) is 3.65. The molecule has 0 unspecified atom stereocenters. The van der Waals surface area contributed by atoms with E-state index in [0.29, 0.717) is 24.5 Å². The van der Waals surface area contributed by atoms with Crippen LogP contribution in [0.2, 0.25) is 0 Å². The second-order valence-corrected chi connectivity index (χ2v) is 6.93. The summed E-state index contributed by atoms with van der Waals surface area (Å²) in [4.78, 5) is 0.241. The van der Waals surface area contributed by atoms with Crippen molar-refractivity contribution < 1.29 is 8.42 Å². The van der Waals surface area contributed by atoms with E-state index in [1.54, 1.807) is 13.8 Å². The Labute approximate surface area is 129 Å². The average molecular weight is 318 g/mol. The molecule has 0 aliphatic rings. The molecule has 1 aromatic carbocycles. The molecule has 2 N–H and O–H groups in total. The van der Waals surface area contributed by atoms with Gasteiger partial charge in [0.2, 0.25) is 10.0 Å². The molecule has 3 rings (SSSR count). The molecule has 0 atom stereocenters. The van der Waals surface area contributed by atoms with Gasteiger partial charge >= 0.3 is 0 Å². The van der Waals surface area contributed by atoms with Crippen molar-refractivity contribution in [3.05, 3.63) is 47.9 Å². The maximum atomic E-state index is 12.3. The van der Waals surface area contributed by atoms with E-state index in [1.165, 1.54) is 0 Å². The second kappa shape index (κ2) is 5.58. The molecule has 0 amide bonds. The van der Waals surface area contributed by atoms with Gasteiger partial charge in [0.15, 0.2) is 0 Å². The molecule has 0 fully saturated rings. The number of hydrogen-bond acceptors (Lipinski definition) is 3. The number of benzene rings is 1. The number of H-pyrrole nitrogens is 1. The fraction of sp³-hybridized carbons (Fsp3) is 0.267. The summed E-state index contributed by atoms with van der Waals surface area (Å²) in [6.07, 6.45) is 1.97. The molecule has 3 aromatic rings. The highest BCUT2D eigenvalue weighted by Crippen LogP contribution is 2.17. The monoisotopic (exact) mass is 318 g/mol. The summed E-state index contributed by atoms with van der Waals surface area (Å²) in [7, 11) is -3.54. The molecule has 0 aliphatic carbocycles. The molecule has 6 nitrogen and oxygen atoms in total. The van der Waals surface area contributed by atoms with Crippen molar-refractivity contribution in [1.29, 1.82) is 0 Å². The minimum atomic E-state index is -3.54. The lowest BCUT2D eigenvalue weighted by Gasteiger charge is -2.08. The fourth-order valence-corrected chi connectivity index (χ4v) is 4.03. The first kappa shape index (κ1) is 14.8. The molecule has 0 aliphatic heterocycles. The van der Waals surface area contributed by atoms with E-state index in [9.17, 15) is 8.42 Å². The summed E-state index contributed by atoms with van der Waals surface area (Å²) in [5.74, 6) is 0. The van der Waals surface area contributed by atoms with Gasteiger partial charge in [0.1, 0.15) is 4.90 Å². The highest BCUT2D eigenvalue weighted by molar-refractivity contribution is 7.89. The Bertz CT molecular complexity index is 889. The average Bonchev–Trinajstić information content (AvgIpc) is 3.03. The van der Waals surface area contributed by atoms with Crippen LogP contribution in [-0.2, 0) is 16.6 Å². The lowest BCUT2D eigenvalue weighted by atomic mass is 10.2. The van der Waals surface area contributed by atoms with Crippen molar-refractivity contribution in [3.63, 3.8) is 0 Å². The largest absolute Gasteiger partial charge is 0.346 e. The van der Waals surface area contributed by atoms with Gasteiger partial charge in [-0.3, -0.25) is 5.10 Å². The molecule has 2 aromatic heterocycles. The zero-order valence-corrected chi connectivity index (χ0v) is 13.3. The number of sulfonamides is 1. The molecule has 0 bridgehead atoms. The van der Waals surface area contributed by atoms with Crippen LogP contribution in [0.3, 0.4) is 0 Å². The van der Waals surface area contributed by atoms with Crippen LogP contribution in [0.5, 0.6) is 0 Å². The van der Waals surface area contributed by atoms with E-state index < -0.39 is 10.0 Å². The first-order valence-electron chi connectivity index (χ1n) is 7.04. The molecule has 7 heteroatoms. The van der Waals surface area contributed by atoms with Crippen LogP contribution < -0.4 is 4.72 Å². The van der Waals surface area contributed by atoms with E-state index in [4.69, 9.17) is 0 Å². The summed E-state index contributed by atoms with van der Waals surface area (Å²) in [6, 6.07) is 10.0. The van der Waals surface area contributed by atoms with Crippen LogP contribution in [-0.4, -0.2) is 29.7 Å². The van der Waals surface area contributed by atoms with Crippen LogP contribution in [0.25, 0.3) is 10.9 Å². The Morgan fingerprint density at radius 1 is 1.23 bits per heavy atom. The number of nitrogens with zero attached hydrogens (tertiary/aromatic N) is 2. The Hall–Kier alpha value is -2.12. The van der Waals surface area contributed by atoms with Crippen molar-refractivity contribution in [2.75, 3.05) is 6.54 Å². The van der Waals surface area contributed by atoms with E-state index in [2.05, 4.69) is 14.9 Å². The molecule has 0 saturated heterocycles. The van der Waals surface area contributed by atoms with Gasteiger partial charge in [0.05, 0.1) is 11.4 Å². The van der Waals surface area contributed by atoms with Crippen LogP contribution in [0.4, 0.5) is 0 Å². The van der Waals surface area contributed by atoms with Gasteiger partial charge in [-0.15, -0.1) is 0 Å². The van der Waals surface area contributed by atoms with Crippen LogP contribution in [0, 0.1) is 13.8 Å². The Balaban J connectivity index is 1.73. The van der Waals surface area contributed by atoms with Gasteiger partial charge < -0.3 is 4.57 Å². The van der Waals surface area contributed by atoms with Crippen molar-refractivity contribution in [1.82, 2.24) is 19.5 Å². The van der Waals surface area contributed by atoms with Crippen molar-refractivity contribution >= 4 is 20.9 Å². The highest BCUT2D eigenvalue weighted by Gasteiger charge is 2.21. The number of rotatable bonds is 5. The van der Waals surface area contributed by atoms with Gasteiger partial charge in [-0.2, -0.15) is 5.10 Å². The third kappa shape index (κ3) is 2.65. The quantitative estimate of drug-likeness (QED) is 0.754. The molecule has 2 heterocycles. The topological polar surface area (TPSA) is 79.8 Å². The van der Waals surface area contributed by atoms with E-state index in [0.717, 1.165) is 10.9 Å². The Morgan fingerprint density at radius 2 is 2.00 bits per heavy atom. The van der Waals surface area contributed by atoms with E-state index in [-0.39, 0.29) is 4.90 Å². The maximum Gasteiger partial charge on any atom is 0.244 e. The number of aryl methyl sites for hydroxylation is 2. The summed E-state index contributed by atoms with van der Waals surface area (Å²) in [6.45, 7) is 4.28. The summed E-state index contributed by atoms with van der Waals surface area (Å²) >= 11 is 0.